The van der Waals surface area contributed by atoms with Gasteiger partial charge in [0, 0.05) is 17.2 Å². The largest absolute Gasteiger partial charge is 0.481 e. The minimum absolute atomic E-state index is 0.0253. The Labute approximate surface area is 139 Å². The number of aliphatic carboxylic acids is 1. The minimum atomic E-state index is -0.794. The van der Waals surface area contributed by atoms with Gasteiger partial charge in [-0.1, -0.05) is 24.6 Å². The van der Waals surface area contributed by atoms with Gasteiger partial charge in [-0.3, -0.25) is 9.59 Å². The van der Waals surface area contributed by atoms with Crippen LogP contribution < -0.4 is 5.32 Å². The lowest BCUT2D eigenvalue weighted by Gasteiger charge is -2.17. The van der Waals surface area contributed by atoms with Crippen molar-refractivity contribution >= 4 is 33.3 Å². The second-order valence-corrected chi connectivity index (χ2v) is 7.07. The monoisotopic (exact) mass is 331 g/mol. The predicted octanol–water partition coefficient (Wildman–Crippen LogP) is 3.59. The summed E-state index contributed by atoms with van der Waals surface area (Å²) in [6.45, 7) is 0. The molecule has 0 bridgehead atoms. The zero-order valence-electron chi connectivity index (χ0n) is 13.0. The molecule has 2 atom stereocenters. The maximum atomic E-state index is 12.1. The quantitative estimate of drug-likeness (QED) is 0.850. The number of nitrogens with one attached hydrogen (secondary N) is 1. The van der Waals surface area contributed by atoms with Crippen LogP contribution in [0.4, 0.5) is 0 Å². The summed E-state index contributed by atoms with van der Waals surface area (Å²) < 4.78 is 1.28. The van der Waals surface area contributed by atoms with E-state index in [1.165, 1.54) is 15.6 Å². The number of carbonyl (C=O) groups is 2. The highest BCUT2D eigenvalue weighted by Crippen LogP contribution is 2.27. The molecule has 0 unspecified atom stereocenters. The van der Waals surface area contributed by atoms with Crippen molar-refractivity contribution in [2.75, 3.05) is 0 Å². The molecular formula is C18H21NO3S. The van der Waals surface area contributed by atoms with E-state index in [0.717, 1.165) is 25.7 Å². The van der Waals surface area contributed by atoms with Crippen molar-refractivity contribution in [2.24, 2.45) is 5.92 Å². The molecule has 1 heterocycles. The van der Waals surface area contributed by atoms with Gasteiger partial charge in [0.2, 0.25) is 5.91 Å². The van der Waals surface area contributed by atoms with Gasteiger partial charge in [-0.25, -0.2) is 0 Å². The van der Waals surface area contributed by atoms with Gasteiger partial charge in [-0.05, 0) is 48.1 Å². The molecule has 2 N–H and O–H groups in total. The van der Waals surface area contributed by atoms with Crippen LogP contribution in [0.5, 0.6) is 0 Å². The van der Waals surface area contributed by atoms with Gasteiger partial charge >= 0.3 is 5.97 Å². The molecule has 1 aliphatic carbocycles. The van der Waals surface area contributed by atoms with Crippen LogP contribution in [0.15, 0.2) is 29.6 Å². The summed E-state index contributed by atoms with van der Waals surface area (Å²) in [5.74, 6) is -1.24. The lowest BCUT2D eigenvalue weighted by atomic mass is 10.0. The summed E-state index contributed by atoms with van der Waals surface area (Å²) in [5, 5.41) is 15.5. The van der Waals surface area contributed by atoms with E-state index in [1.807, 2.05) is 12.1 Å². The van der Waals surface area contributed by atoms with Crippen molar-refractivity contribution in [3.8, 4) is 0 Å². The van der Waals surface area contributed by atoms with E-state index in [-0.39, 0.29) is 11.9 Å². The van der Waals surface area contributed by atoms with Crippen LogP contribution in [-0.4, -0.2) is 23.0 Å². The highest BCUT2D eigenvalue weighted by atomic mass is 32.1. The number of amides is 1. The molecule has 1 aromatic heterocycles. The van der Waals surface area contributed by atoms with E-state index in [4.69, 9.17) is 5.11 Å². The summed E-state index contributed by atoms with van der Waals surface area (Å²) in [4.78, 5) is 23.2. The van der Waals surface area contributed by atoms with Crippen LogP contribution in [0.1, 0.15) is 37.7 Å². The van der Waals surface area contributed by atoms with Gasteiger partial charge in [0.15, 0.2) is 0 Å². The molecule has 122 valence electrons. The summed E-state index contributed by atoms with van der Waals surface area (Å²) in [5.41, 5.74) is 1.29. The van der Waals surface area contributed by atoms with Crippen molar-refractivity contribution < 1.29 is 14.7 Å². The van der Waals surface area contributed by atoms with Gasteiger partial charge in [0.05, 0.1) is 5.92 Å². The Bertz CT molecular complexity index is 709. The third-order valence-electron chi connectivity index (χ3n) is 4.59. The number of rotatable bonds is 6. The van der Waals surface area contributed by atoms with Crippen LogP contribution in [0.3, 0.4) is 0 Å². The van der Waals surface area contributed by atoms with Gasteiger partial charge in [0.1, 0.15) is 0 Å². The summed E-state index contributed by atoms with van der Waals surface area (Å²) in [6.07, 6.45) is 4.44. The fourth-order valence-electron chi connectivity index (χ4n) is 3.37. The fraction of sp³-hybridized carbons (Fsp3) is 0.444. The van der Waals surface area contributed by atoms with E-state index in [0.29, 0.717) is 12.8 Å². The Hall–Kier alpha value is -1.88. The maximum absolute atomic E-state index is 12.1. The first-order chi connectivity index (χ1) is 11.1. The molecule has 4 nitrogen and oxygen atoms in total. The first-order valence-corrected chi connectivity index (χ1v) is 9.00. The number of benzene rings is 1. The molecule has 0 radical (unpaired) electrons. The number of carboxylic acid groups (broad SMARTS) is 1. The highest BCUT2D eigenvalue weighted by molar-refractivity contribution is 7.17. The molecule has 0 aliphatic heterocycles. The molecule has 1 fully saturated rings. The number of hydrogen-bond donors (Lipinski definition) is 2. The van der Waals surface area contributed by atoms with Gasteiger partial charge < -0.3 is 10.4 Å². The molecule has 1 saturated carbocycles. The van der Waals surface area contributed by atoms with E-state index in [1.54, 1.807) is 11.3 Å². The summed E-state index contributed by atoms with van der Waals surface area (Å²) >= 11 is 1.74. The number of carboxylic acids is 1. The van der Waals surface area contributed by atoms with Crippen LogP contribution in [0.2, 0.25) is 0 Å². The number of thiophene rings is 1. The first kappa shape index (κ1) is 16.0. The molecule has 1 aliphatic rings. The number of fused-ring (bicyclic) bond motifs is 1. The van der Waals surface area contributed by atoms with Crippen molar-refractivity contribution in [1.82, 2.24) is 5.32 Å². The second-order valence-electron chi connectivity index (χ2n) is 6.16. The highest BCUT2D eigenvalue weighted by Gasteiger charge is 2.33. The molecule has 0 spiro atoms. The SMILES string of the molecule is O=C(CCCc1csc2ccccc12)N[C@H]1CCC[C@H]1C(=O)O. The third-order valence-corrected chi connectivity index (χ3v) is 5.60. The van der Waals surface area contributed by atoms with Gasteiger partial charge in [-0.15, -0.1) is 11.3 Å². The lowest BCUT2D eigenvalue weighted by molar-refractivity contribution is -0.142. The zero-order chi connectivity index (χ0) is 16.2. The fourth-order valence-corrected chi connectivity index (χ4v) is 4.37. The number of hydrogen-bond acceptors (Lipinski definition) is 3. The first-order valence-electron chi connectivity index (χ1n) is 8.12. The second kappa shape index (κ2) is 7.13. The lowest BCUT2D eigenvalue weighted by Crippen LogP contribution is -2.40. The van der Waals surface area contributed by atoms with Gasteiger partial charge in [-0.2, -0.15) is 0 Å². The Morgan fingerprint density at radius 1 is 1.26 bits per heavy atom. The average Bonchev–Trinajstić information content (AvgIpc) is 3.14. The molecule has 1 aromatic carbocycles. The van der Waals surface area contributed by atoms with E-state index >= 15 is 0 Å². The normalized spacial score (nSPS) is 20.7. The van der Waals surface area contributed by atoms with E-state index in [2.05, 4.69) is 22.8 Å². The van der Waals surface area contributed by atoms with Crippen LogP contribution >= 0.6 is 11.3 Å². The maximum Gasteiger partial charge on any atom is 0.308 e. The molecule has 0 saturated heterocycles. The standard InChI is InChI=1S/C18H21NO3S/c20-17(19-15-8-4-7-14(15)18(21)22)10-3-5-12-11-23-16-9-2-1-6-13(12)16/h1-2,6,9,11,14-15H,3-5,7-8,10H2,(H,19,20)(H,21,22)/t14-,15+/m1/s1. The number of aryl methyl sites for hydroxylation is 1. The van der Waals surface area contributed by atoms with Crippen molar-refractivity contribution in [3.05, 3.63) is 35.2 Å². The van der Waals surface area contributed by atoms with Crippen LogP contribution in [0.25, 0.3) is 10.1 Å². The third kappa shape index (κ3) is 3.72. The van der Waals surface area contributed by atoms with Crippen molar-refractivity contribution in [3.63, 3.8) is 0 Å². The number of carbonyl (C=O) groups excluding carboxylic acids is 1. The molecular weight excluding hydrogens is 310 g/mol. The van der Waals surface area contributed by atoms with Crippen molar-refractivity contribution in [2.45, 2.75) is 44.6 Å². The summed E-state index contributed by atoms with van der Waals surface area (Å²) in [6, 6.07) is 8.12. The predicted molar refractivity (Wildman–Crippen MR) is 91.7 cm³/mol. The van der Waals surface area contributed by atoms with Gasteiger partial charge in [0.25, 0.3) is 0 Å². The Morgan fingerprint density at radius 3 is 2.91 bits per heavy atom. The topological polar surface area (TPSA) is 66.4 Å². The average molecular weight is 331 g/mol. The molecule has 3 rings (SSSR count). The van der Waals surface area contributed by atoms with Crippen LogP contribution in [-0.2, 0) is 16.0 Å². The van der Waals surface area contributed by atoms with E-state index in [9.17, 15) is 9.59 Å². The zero-order valence-corrected chi connectivity index (χ0v) is 13.8. The van der Waals surface area contributed by atoms with Crippen molar-refractivity contribution in [1.29, 1.82) is 0 Å². The smallest absolute Gasteiger partial charge is 0.308 e. The molecule has 1 amide bonds. The Kier molecular flexibility index (Phi) is 4.96. The Morgan fingerprint density at radius 2 is 2.09 bits per heavy atom. The molecule has 23 heavy (non-hydrogen) atoms. The molecule has 5 heteroatoms. The Balaban J connectivity index is 1.49. The minimum Gasteiger partial charge on any atom is -0.481 e. The molecule has 2 aromatic rings. The summed E-state index contributed by atoms with van der Waals surface area (Å²) in [7, 11) is 0. The van der Waals surface area contributed by atoms with E-state index < -0.39 is 11.9 Å². The van der Waals surface area contributed by atoms with Crippen LogP contribution in [0, 0.1) is 5.92 Å².